The van der Waals surface area contributed by atoms with Gasteiger partial charge in [-0.1, -0.05) is 15.9 Å². The van der Waals surface area contributed by atoms with Crippen molar-refractivity contribution in [1.82, 2.24) is 0 Å². The zero-order valence-corrected chi connectivity index (χ0v) is 9.37. The maximum absolute atomic E-state index is 12.5. The lowest BCUT2D eigenvalue weighted by Crippen LogP contribution is -2.21. The summed E-state index contributed by atoms with van der Waals surface area (Å²) in [5.41, 5.74) is 2.72. The number of alkyl halides is 6. The van der Waals surface area contributed by atoms with Crippen LogP contribution in [0.4, 0.5) is 32.0 Å². The van der Waals surface area contributed by atoms with E-state index in [9.17, 15) is 26.3 Å². The number of benzene rings is 1. The fourth-order valence-corrected chi connectivity index (χ4v) is 1.53. The lowest BCUT2D eigenvalue weighted by Gasteiger charge is -2.17. The second kappa shape index (κ2) is 4.28. The summed E-state index contributed by atoms with van der Waals surface area (Å²) in [5, 5.41) is 0. The monoisotopic (exact) mass is 323 g/mol. The van der Waals surface area contributed by atoms with E-state index in [-0.39, 0.29) is 4.47 Å². The van der Waals surface area contributed by atoms with Crippen molar-refractivity contribution in [2.24, 2.45) is 0 Å². The van der Waals surface area contributed by atoms with Crippen molar-refractivity contribution in [1.29, 1.82) is 0 Å². The van der Waals surface area contributed by atoms with Crippen molar-refractivity contribution in [3.05, 3.63) is 22.2 Å². The molecule has 0 saturated carbocycles. The Kier molecular flexibility index (Phi) is 3.51. The van der Waals surface area contributed by atoms with Gasteiger partial charge in [-0.05, 0) is 12.1 Å². The van der Waals surface area contributed by atoms with Crippen LogP contribution in [-0.4, -0.2) is 6.36 Å². The third kappa shape index (κ3) is 3.69. The summed E-state index contributed by atoms with van der Waals surface area (Å²) in [6.45, 7) is 0. The molecule has 1 rings (SSSR count). The highest BCUT2D eigenvalue weighted by Crippen LogP contribution is 2.43. The van der Waals surface area contributed by atoms with Gasteiger partial charge in [-0.2, -0.15) is 13.2 Å². The fraction of sp³-hybridized carbons (Fsp3) is 0.250. The second-order valence-corrected chi connectivity index (χ2v) is 3.83. The Morgan fingerprint density at radius 2 is 1.59 bits per heavy atom. The van der Waals surface area contributed by atoms with Gasteiger partial charge in [0.15, 0.2) is 5.75 Å². The molecule has 2 N–H and O–H groups in total. The first-order valence-corrected chi connectivity index (χ1v) is 4.72. The number of anilines is 1. The molecule has 0 atom stereocenters. The smallest absolute Gasteiger partial charge is 0.403 e. The largest absolute Gasteiger partial charge is 0.573 e. The predicted molar refractivity (Wildman–Crippen MR) is 50.2 cm³/mol. The van der Waals surface area contributed by atoms with Gasteiger partial charge >= 0.3 is 12.5 Å². The molecule has 17 heavy (non-hydrogen) atoms. The van der Waals surface area contributed by atoms with Crippen molar-refractivity contribution in [2.45, 2.75) is 12.5 Å². The molecule has 0 aliphatic carbocycles. The SMILES string of the molecule is Nc1cc(Br)cc(C(F)(F)F)c1OC(F)(F)F. The summed E-state index contributed by atoms with van der Waals surface area (Å²) in [6.07, 6.45) is -10.2. The Bertz CT molecular complexity index is 427. The molecular formula is C8H4BrF6NO. The highest BCUT2D eigenvalue weighted by atomic mass is 79.9. The quantitative estimate of drug-likeness (QED) is 0.627. The van der Waals surface area contributed by atoms with Crippen LogP contribution in [0.2, 0.25) is 0 Å². The number of hydrogen-bond donors (Lipinski definition) is 1. The molecule has 0 saturated heterocycles. The van der Waals surface area contributed by atoms with Gasteiger partial charge in [-0.25, -0.2) is 0 Å². The van der Waals surface area contributed by atoms with Crippen molar-refractivity contribution < 1.29 is 31.1 Å². The van der Waals surface area contributed by atoms with Crippen LogP contribution in [0, 0.1) is 0 Å². The van der Waals surface area contributed by atoms with Crippen LogP contribution in [0.5, 0.6) is 5.75 Å². The van der Waals surface area contributed by atoms with Crippen LogP contribution in [0.15, 0.2) is 16.6 Å². The number of rotatable bonds is 1. The minimum atomic E-state index is -5.25. The zero-order chi connectivity index (χ0) is 13.4. The minimum absolute atomic E-state index is 0.100. The van der Waals surface area contributed by atoms with Crippen LogP contribution in [0.3, 0.4) is 0 Å². The van der Waals surface area contributed by atoms with Crippen molar-refractivity contribution >= 4 is 21.6 Å². The zero-order valence-electron chi connectivity index (χ0n) is 7.79. The molecule has 0 amide bonds. The average Bonchev–Trinajstić information content (AvgIpc) is 2.05. The molecule has 96 valence electrons. The Hall–Kier alpha value is -1.12. The first kappa shape index (κ1) is 13.9. The molecule has 0 aromatic heterocycles. The normalized spacial score (nSPS) is 12.6. The van der Waals surface area contributed by atoms with E-state index in [0.717, 1.165) is 6.07 Å². The van der Waals surface area contributed by atoms with Gasteiger partial charge < -0.3 is 10.5 Å². The summed E-state index contributed by atoms with van der Waals surface area (Å²) >= 11 is 2.70. The lowest BCUT2D eigenvalue weighted by atomic mass is 10.1. The van der Waals surface area contributed by atoms with Crippen molar-refractivity contribution in [3.8, 4) is 5.75 Å². The molecule has 0 unspecified atom stereocenters. The third-order valence-electron chi connectivity index (χ3n) is 1.61. The Morgan fingerprint density at radius 3 is 2.00 bits per heavy atom. The summed E-state index contributed by atoms with van der Waals surface area (Å²) in [5.74, 6) is -1.45. The summed E-state index contributed by atoms with van der Waals surface area (Å²) in [4.78, 5) is 0. The minimum Gasteiger partial charge on any atom is -0.403 e. The third-order valence-corrected chi connectivity index (χ3v) is 2.06. The molecule has 1 aromatic carbocycles. The van der Waals surface area contributed by atoms with Crippen LogP contribution in [-0.2, 0) is 6.18 Å². The second-order valence-electron chi connectivity index (χ2n) is 2.92. The van der Waals surface area contributed by atoms with Crippen LogP contribution in [0.1, 0.15) is 5.56 Å². The van der Waals surface area contributed by atoms with E-state index in [1.54, 1.807) is 0 Å². The predicted octanol–water partition coefficient (Wildman–Crippen LogP) is 3.95. The van der Waals surface area contributed by atoms with Crippen molar-refractivity contribution in [3.63, 3.8) is 0 Å². The first-order valence-electron chi connectivity index (χ1n) is 3.92. The van der Waals surface area contributed by atoms with E-state index >= 15 is 0 Å². The number of halogens is 7. The molecule has 0 heterocycles. The van der Waals surface area contributed by atoms with E-state index in [4.69, 9.17) is 5.73 Å². The molecular weight excluding hydrogens is 320 g/mol. The first-order chi connectivity index (χ1) is 7.50. The molecule has 0 radical (unpaired) electrons. The Morgan fingerprint density at radius 1 is 1.06 bits per heavy atom. The van der Waals surface area contributed by atoms with Gasteiger partial charge in [0, 0.05) is 4.47 Å². The van der Waals surface area contributed by atoms with Gasteiger partial charge in [0.1, 0.15) is 5.56 Å². The maximum Gasteiger partial charge on any atom is 0.573 e. The highest BCUT2D eigenvalue weighted by Gasteiger charge is 2.40. The highest BCUT2D eigenvalue weighted by molar-refractivity contribution is 9.10. The van der Waals surface area contributed by atoms with Crippen LogP contribution >= 0.6 is 15.9 Å². The van der Waals surface area contributed by atoms with Crippen molar-refractivity contribution in [2.75, 3.05) is 5.73 Å². The molecule has 0 aliphatic heterocycles. The number of ether oxygens (including phenoxy) is 1. The topological polar surface area (TPSA) is 35.2 Å². The fourth-order valence-electron chi connectivity index (χ4n) is 1.05. The molecule has 9 heteroatoms. The van der Waals surface area contributed by atoms with E-state index in [2.05, 4.69) is 20.7 Å². The Labute approximate surface area is 99.5 Å². The Balaban J connectivity index is 3.36. The van der Waals surface area contributed by atoms with E-state index in [0.29, 0.717) is 6.07 Å². The van der Waals surface area contributed by atoms with Gasteiger partial charge in [-0.3, -0.25) is 0 Å². The molecule has 0 spiro atoms. The molecule has 2 nitrogen and oxygen atoms in total. The van der Waals surface area contributed by atoms with Gasteiger partial charge in [0.05, 0.1) is 5.69 Å². The standard InChI is InChI=1S/C8H4BrF6NO/c9-3-1-4(7(10,11)12)6(5(16)2-3)17-8(13,14)15/h1-2H,16H2. The summed E-state index contributed by atoms with van der Waals surface area (Å²) in [6, 6.07) is 1.34. The number of hydrogen-bond acceptors (Lipinski definition) is 2. The summed E-state index contributed by atoms with van der Waals surface area (Å²) < 4.78 is 76.4. The number of nitrogens with two attached hydrogens (primary N) is 1. The lowest BCUT2D eigenvalue weighted by molar-refractivity contribution is -0.276. The van der Waals surface area contributed by atoms with E-state index < -0.39 is 29.5 Å². The summed E-state index contributed by atoms with van der Waals surface area (Å²) in [7, 11) is 0. The van der Waals surface area contributed by atoms with E-state index in [1.165, 1.54) is 0 Å². The van der Waals surface area contributed by atoms with E-state index in [1.807, 2.05) is 0 Å². The number of nitrogen functional groups attached to an aromatic ring is 1. The van der Waals surface area contributed by atoms with Gasteiger partial charge in [-0.15, -0.1) is 13.2 Å². The van der Waals surface area contributed by atoms with Gasteiger partial charge in [0.2, 0.25) is 0 Å². The van der Waals surface area contributed by atoms with Crippen LogP contribution in [0.25, 0.3) is 0 Å². The average molecular weight is 324 g/mol. The van der Waals surface area contributed by atoms with Crippen LogP contribution < -0.4 is 10.5 Å². The maximum atomic E-state index is 12.5. The van der Waals surface area contributed by atoms with Gasteiger partial charge in [0.25, 0.3) is 0 Å². The molecule has 1 aromatic rings. The molecule has 0 fully saturated rings. The molecule has 0 bridgehead atoms. The molecule has 0 aliphatic rings.